The molecule has 67 heavy (non-hydrogen) atoms. The van der Waals surface area contributed by atoms with Gasteiger partial charge in [-0.15, -0.1) is 0 Å². The summed E-state index contributed by atoms with van der Waals surface area (Å²) in [4.78, 5) is 2.36. The molecule has 0 atom stereocenters. The van der Waals surface area contributed by atoms with Crippen LogP contribution in [0.1, 0.15) is 0 Å². The van der Waals surface area contributed by atoms with E-state index in [0.29, 0.717) is 0 Å². The Labute approximate surface area is 394 Å². The molecule has 0 heterocycles. The van der Waals surface area contributed by atoms with Crippen LogP contribution >= 0.6 is 0 Å². The molecule has 0 N–H and O–H groups in total. The average Bonchev–Trinajstić information content (AvgIpc) is 3.42. The highest BCUT2D eigenvalue weighted by Crippen LogP contribution is 2.45. The third kappa shape index (κ3) is 8.63. The lowest BCUT2D eigenvalue weighted by atomic mass is 9.84. The predicted octanol–water partition coefficient (Wildman–Crippen LogP) is 18.5. The van der Waals surface area contributed by atoms with Crippen molar-refractivity contribution in [1.29, 1.82) is 0 Å². The van der Waals surface area contributed by atoms with E-state index >= 15 is 0 Å². The fourth-order valence-corrected chi connectivity index (χ4v) is 9.33. The number of rotatable bonds is 11. The zero-order chi connectivity index (χ0) is 44.8. The van der Waals surface area contributed by atoms with Gasteiger partial charge in [0.2, 0.25) is 0 Å². The van der Waals surface area contributed by atoms with Crippen LogP contribution in [0, 0.1) is 0 Å². The van der Waals surface area contributed by atoms with Gasteiger partial charge >= 0.3 is 0 Å². The Morgan fingerprint density at radius 1 is 0.149 bits per heavy atom. The Hall–Kier alpha value is -8.78. The van der Waals surface area contributed by atoms with Crippen molar-refractivity contribution in [3.8, 4) is 89.0 Å². The van der Waals surface area contributed by atoms with Crippen molar-refractivity contribution in [2.75, 3.05) is 4.90 Å². The molecule has 1 nitrogen and oxygen atoms in total. The first-order chi connectivity index (χ1) is 33.2. The Kier molecular flexibility index (Phi) is 11.5. The molecule has 0 amide bonds. The summed E-state index contributed by atoms with van der Waals surface area (Å²) >= 11 is 0. The summed E-state index contributed by atoms with van der Waals surface area (Å²) in [5.41, 5.74) is 22.4. The van der Waals surface area contributed by atoms with Crippen molar-refractivity contribution in [2.24, 2.45) is 0 Å². The van der Waals surface area contributed by atoms with Gasteiger partial charge in [-0.25, -0.2) is 0 Å². The summed E-state index contributed by atoms with van der Waals surface area (Å²) < 4.78 is 0. The van der Waals surface area contributed by atoms with Crippen molar-refractivity contribution in [3.05, 3.63) is 285 Å². The molecule has 316 valence electrons. The maximum atomic E-state index is 2.36. The topological polar surface area (TPSA) is 3.24 Å². The van der Waals surface area contributed by atoms with E-state index in [1.165, 1.54) is 83.5 Å². The van der Waals surface area contributed by atoms with Crippen LogP contribution in [0.2, 0.25) is 0 Å². The fourth-order valence-electron chi connectivity index (χ4n) is 9.33. The predicted molar refractivity (Wildman–Crippen MR) is 285 cm³/mol. The van der Waals surface area contributed by atoms with Gasteiger partial charge < -0.3 is 4.90 Å². The largest absolute Gasteiger partial charge is 0.311 e. The van der Waals surface area contributed by atoms with Crippen molar-refractivity contribution in [2.45, 2.75) is 0 Å². The summed E-state index contributed by atoms with van der Waals surface area (Å²) in [6, 6.07) is 103. The zero-order valence-corrected chi connectivity index (χ0v) is 37.1. The molecule has 1 heteroatoms. The van der Waals surface area contributed by atoms with Gasteiger partial charge in [-0.05, 0) is 125 Å². The smallest absolute Gasteiger partial charge is 0.0462 e. The second kappa shape index (κ2) is 18.7. The van der Waals surface area contributed by atoms with Crippen molar-refractivity contribution in [3.63, 3.8) is 0 Å². The molecular formula is C66H47N. The Morgan fingerprint density at radius 3 is 0.731 bits per heavy atom. The number of hydrogen-bond acceptors (Lipinski definition) is 1. The number of nitrogens with zero attached hydrogens (tertiary/aromatic N) is 1. The van der Waals surface area contributed by atoms with Crippen LogP contribution in [-0.2, 0) is 0 Å². The first kappa shape index (κ1) is 41.0. The molecule has 0 fully saturated rings. The van der Waals surface area contributed by atoms with Crippen molar-refractivity contribution < 1.29 is 0 Å². The zero-order valence-electron chi connectivity index (χ0n) is 37.1. The van der Waals surface area contributed by atoms with Crippen LogP contribution in [0.15, 0.2) is 285 Å². The summed E-state index contributed by atoms with van der Waals surface area (Å²) in [5, 5.41) is 0. The van der Waals surface area contributed by atoms with Gasteiger partial charge in [0.05, 0.1) is 0 Å². The van der Waals surface area contributed by atoms with E-state index in [0.717, 1.165) is 22.6 Å². The van der Waals surface area contributed by atoms with E-state index in [9.17, 15) is 0 Å². The van der Waals surface area contributed by atoms with Gasteiger partial charge in [-0.2, -0.15) is 0 Å². The Bertz CT molecular complexity index is 3240. The van der Waals surface area contributed by atoms with Crippen LogP contribution in [0.5, 0.6) is 0 Å². The maximum absolute atomic E-state index is 2.36. The molecule has 0 aliphatic rings. The highest BCUT2D eigenvalue weighted by atomic mass is 15.1. The fraction of sp³-hybridized carbons (Fsp3) is 0. The standard InChI is InChI=1S/C66H47N/c1-5-16-48(17-6-1)50-28-32-52(33-29-50)54-36-42-59(43-37-54)67(60-44-38-55(39-45-60)53-34-30-51(31-35-53)49-18-7-2-8-19-49)61-46-40-58(41-47-61)64-27-15-26-63(57-22-11-4-12-23-57)66(64)65-25-14-13-24-62(65)56-20-9-3-10-21-56/h1-47H. The van der Waals surface area contributed by atoms with E-state index < -0.39 is 0 Å². The lowest BCUT2D eigenvalue weighted by Gasteiger charge is -2.26. The number of hydrogen-bond donors (Lipinski definition) is 0. The first-order valence-electron chi connectivity index (χ1n) is 23.0. The van der Waals surface area contributed by atoms with Crippen molar-refractivity contribution >= 4 is 17.1 Å². The van der Waals surface area contributed by atoms with Crippen LogP contribution in [0.25, 0.3) is 89.0 Å². The molecule has 11 rings (SSSR count). The molecule has 0 aliphatic carbocycles. The Balaban J connectivity index is 0.976. The molecule has 0 bridgehead atoms. The quantitative estimate of drug-likeness (QED) is 0.125. The Morgan fingerprint density at radius 2 is 0.373 bits per heavy atom. The minimum atomic E-state index is 1.08. The van der Waals surface area contributed by atoms with E-state index in [4.69, 9.17) is 0 Å². The number of benzene rings is 11. The second-order valence-corrected chi connectivity index (χ2v) is 16.9. The average molecular weight is 854 g/mol. The summed E-state index contributed by atoms with van der Waals surface area (Å²) in [7, 11) is 0. The highest BCUT2D eigenvalue weighted by Gasteiger charge is 2.19. The summed E-state index contributed by atoms with van der Waals surface area (Å²) in [6.07, 6.45) is 0. The second-order valence-electron chi connectivity index (χ2n) is 16.9. The van der Waals surface area contributed by atoms with Gasteiger partial charge in [0, 0.05) is 17.1 Å². The van der Waals surface area contributed by atoms with Crippen LogP contribution in [-0.4, -0.2) is 0 Å². The highest BCUT2D eigenvalue weighted by molar-refractivity contribution is 6.00. The minimum Gasteiger partial charge on any atom is -0.311 e. The molecule has 0 aromatic heterocycles. The minimum absolute atomic E-state index is 1.08. The molecule has 0 radical (unpaired) electrons. The molecule has 0 saturated carbocycles. The summed E-state index contributed by atoms with van der Waals surface area (Å²) in [5.74, 6) is 0. The first-order valence-corrected chi connectivity index (χ1v) is 23.0. The molecule has 0 spiro atoms. The number of anilines is 3. The van der Waals surface area contributed by atoms with Gasteiger partial charge in [0.15, 0.2) is 0 Å². The van der Waals surface area contributed by atoms with E-state index in [1.54, 1.807) is 0 Å². The molecule has 0 unspecified atom stereocenters. The normalized spacial score (nSPS) is 11.0. The van der Waals surface area contributed by atoms with Gasteiger partial charge in [-0.3, -0.25) is 0 Å². The van der Waals surface area contributed by atoms with Gasteiger partial charge in [0.25, 0.3) is 0 Å². The molecule has 0 saturated heterocycles. The van der Waals surface area contributed by atoms with Gasteiger partial charge in [0.1, 0.15) is 0 Å². The van der Waals surface area contributed by atoms with E-state index in [1.807, 2.05) is 0 Å². The van der Waals surface area contributed by atoms with E-state index in [-0.39, 0.29) is 0 Å². The van der Waals surface area contributed by atoms with E-state index in [2.05, 4.69) is 290 Å². The molecule has 0 aliphatic heterocycles. The SMILES string of the molecule is c1ccc(-c2ccc(-c3ccc(N(c4ccc(-c5ccc(-c6ccccc6)cc5)cc4)c4ccc(-c5cccc(-c6ccccc6)c5-c5ccccc5-c5ccccc5)cc4)cc3)cc2)cc1. The monoisotopic (exact) mass is 853 g/mol. The van der Waals surface area contributed by atoms with Crippen LogP contribution < -0.4 is 4.90 Å². The van der Waals surface area contributed by atoms with Crippen LogP contribution in [0.3, 0.4) is 0 Å². The van der Waals surface area contributed by atoms with Crippen molar-refractivity contribution in [1.82, 2.24) is 0 Å². The lowest BCUT2D eigenvalue weighted by molar-refractivity contribution is 1.28. The maximum Gasteiger partial charge on any atom is 0.0462 e. The summed E-state index contributed by atoms with van der Waals surface area (Å²) in [6.45, 7) is 0. The third-order valence-corrected chi connectivity index (χ3v) is 12.8. The lowest BCUT2D eigenvalue weighted by Crippen LogP contribution is -2.09. The van der Waals surface area contributed by atoms with Gasteiger partial charge in [-0.1, -0.05) is 249 Å². The van der Waals surface area contributed by atoms with Crippen LogP contribution in [0.4, 0.5) is 17.1 Å². The molecular weight excluding hydrogens is 807 g/mol. The third-order valence-electron chi connectivity index (χ3n) is 12.8. The molecule has 11 aromatic carbocycles. The molecule has 11 aromatic rings.